The zero-order chi connectivity index (χ0) is 22.7. The summed E-state index contributed by atoms with van der Waals surface area (Å²) in [4.78, 5) is 9.17. The molecule has 0 bridgehead atoms. The Morgan fingerprint density at radius 2 is 1.73 bits per heavy atom. The van der Waals surface area contributed by atoms with Crippen molar-refractivity contribution in [2.45, 2.75) is 23.0 Å². The Hall–Kier alpha value is -3.56. The minimum Gasteiger partial charge on any atom is -0.338 e. The van der Waals surface area contributed by atoms with E-state index in [1.807, 2.05) is 30.3 Å². The molecule has 0 radical (unpaired) electrons. The van der Waals surface area contributed by atoms with Crippen molar-refractivity contribution >= 4 is 21.5 Å². The maximum absolute atomic E-state index is 12.9. The molecule has 0 saturated carbocycles. The van der Waals surface area contributed by atoms with Gasteiger partial charge in [-0.05, 0) is 31.5 Å². The van der Waals surface area contributed by atoms with Crippen LogP contribution in [0.1, 0.15) is 12.8 Å². The van der Waals surface area contributed by atoms with Crippen molar-refractivity contribution in [1.82, 2.24) is 20.4 Å². The molecule has 168 valence electrons. The number of aromatic nitrogens is 3. The van der Waals surface area contributed by atoms with Crippen LogP contribution < -0.4 is 10.6 Å². The molecular weight excluding hydrogens is 438 g/mol. The van der Waals surface area contributed by atoms with Gasteiger partial charge in [-0.15, -0.1) is 0 Å². The molecule has 5 rings (SSSR count). The van der Waals surface area contributed by atoms with Crippen LogP contribution in [0.25, 0.3) is 22.5 Å². The lowest BCUT2D eigenvalue weighted by Crippen LogP contribution is -2.38. The number of rotatable bonds is 6. The summed E-state index contributed by atoms with van der Waals surface area (Å²) in [6.07, 6.45) is 4.79. The van der Waals surface area contributed by atoms with Crippen molar-refractivity contribution in [2.24, 2.45) is 0 Å². The van der Waals surface area contributed by atoms with Crippen LogP contribution in [0, 0.1) is 0 Å². The van der Waals surface area contributed by atoms with Gasteiger partial charge in [-0.2, -0.15) is 0 Å². The van der Waals surface area contributed by atoms with Gasteiger partial charge >= 0.3 is 0 Å². The molecule has 2 aromatic heterocycles. The maximum atomic E-state index is 12.9. The van der Waals surface area contributed by atoms with Crippen molar-refractivity contribution in [3.63, 3.8) is 0 Å². The lowest BCUT2D eigenvalue weighted by Gasteiger charge is -2.22. The molecule has 0 spiro atoms. The minimum absolute atomic E-state index is 0.339. The monoisotopic (exact) mass is 461 g/mol. The van der Waals surface area contributed by atoms with Crippen LogP contribution in [-0.2, 0) is 9.84 Å². The second-order valence-corrected chi connectivity index (χ2v) is 10.1. The lowest BCUT2D eigenvalue weighted by atomic mass is 10.1. The van der Waals surface area contributed by atoms with E-state index in [1.54, 1.807) is 42.7 Å². The summed E-state index contributed by atoms with van der Waals surface area (Å²) >= 11 is 0. The third-order valence-corrected chi connectivity index (χ3v) is 7.86. The predicted octanol–water partition coefficient (Wildman–Crippen LogP) is 4.07. The minimum atomic E-state index is -3.35. The highest BCUT2D eigenvalue weighted by atomic mass is 32.2. The van der Waals surface area contributed by atoms with Gasteiger partial charge in [0.15, 0.2) is 15.7 Å². The molecule has 1 aliphatic rings. The maximum Gasteiger partial charge on any atom is 0.230 e. The molecule has 0 amide bonds. The average Bonchev–Trinajstić information content (AvgIpc) is 3.34. The fourth-order valence-corrected chi connectivity index (χ4v) is 5.55. The van der Waals surface area contributed by atoms with Crippen LogP contribution >= 0.6 is 0 Å². The first-order valence-electron chi connectivity index (χ1n) is 10.8. The van der Waals surface area contributed by atoms with Crippen LogP contribution in [0.3, 0.4) is 0 Å². The molecule has 2 aromatic carbocycles. The highest BCUT2D eigenvalue weighted by molar-refractivity contribution is 7.92. The first kappa shape index (κ1) is 21.3. The van der Waals surface area contributed by atoms with Crippen LogP contribution in [0.4, 0.5) is 11.7 Å². The summed E-state index contributed by atoms with van der Waals surface area (Å²) in [5.41, 5.74) is 3.12. The zero-order valence-electron chi connectivity index (χ0n) is 17.8. The quantitative estimate of drug-likeness (QED) is 0.442. The Morgan fingerprint density at radius 1 is 0.939 bits per heavy atom. The molecule has 1 aliphatic heterocycles. The summed E-state index contributed by atoms with van der Waals surface area (Å²) in [7, 11) is -3.35. The van der Waals surface area contributed by atoms with E-state index in [0.717, 1.165) is 29.8 Å². The van der Waals surface area contributed by atoms with Gasteiger partial charge in [0.1, 0.15) is 5.69 Å². The molecule has 1 atom stereocenters. The third-order valence-electron chi connectivity index (χ3n) is 5.65. The number of nitrogens with zero attached hydrogens (tertiary/aromatic N) is 3. The number of benzene rings is 2. The van der Waals surface area contributed by atoms with Gasteiger partial charge in [-0.25, -0.2) is 13.4 Å². The number of anilines is 2. The van der Waals surface area contributed by atoms with E-state index in [1.165, 1.54) is 0 Å². The van der Waals surface area contributed by atoms with E-state index in [4.69, 9.17) is 4.52 Å². The average molecular weight is 462 g/mol. The molecule has 33 heavy (non-hydrogen) atoms. The van der Waals surface area contributed by atoms with Crippen molar-refractivity contribution in [2.75, 3.05) is 18.4 Å². The van der Waals surface area contributed by atoms with Gasteiger partial charge < -0.3 is 15.2 Å². The van der Waals surface area contributed by atoms with E-state index in [2.05, 4.69) is 25.8 Å². The zero-order valence-corrected chi connectivity index (χ0v) is 18.6. The molecular formula is C24H23N5O3S. The number of nitrogens with one attached hydrogen (secondary N) is 2. The van der Waals surface area contributed by atoms with Gasteiger partial charge in [0.2, 0.25) is 5.88 Å². The van der Waals surface area contributed by atoms with Crippen molar-refractivity contribution in [3.8, 4) is 22.5 Å². The molecule has 1 unspecified atom stereocenters. The van der Waals surface area contributed by atoms with E-state index < -0.39 is 9.84 Å². The molecule has 1 fully saturated rings. The highest BCUT2D eigenvalue weighted by Gasteiger charge is 2.28. The SMILES string of the molecule is O=S(=O)(c1ccc(-c2cnc(Nc3cc(-c4ccccc4)no3)cn2)cc1)C1CCCNC1. The molecule has 3 heterocycles. The second-order valence-electron chi connectivity index (χ2n) is 7.89. The molecule has 4 aromatic rings. The molecule has 1 saturated heterocycles. The predicted molar refractivity (Wildman–Crippen MR) is 126 cm³/mol. The standard InChI is InChI=1S/C24H23N5O3S/c30-33(31,20-7-4-12-25-14-20)19-10-8-18(9-11-19)22-15-27-23(16-26-22)28-24-13-21(29-32-24)17-5-2-1-3-6-17/h1-3,5-6,8-11,13,15-16,20,25H,4,7,12,14H2,(H,27,28). The number of hydrogen-bond acceptors (Lipinski definition) is 8. The third kappa shape index (κ3) is 4.64. The summed E-state index contributed by atoms with van der Waals surface area (Å²) < 4.78 is 31.1. The molecule has 9 heteroatoms. The van der Waals surface area contributed by atoms with E-state index in [9.17, 15) is 8.42 Å². The van der Waals surface area contributed by atoms with Crippen molar-refractivity contribution in [3.05, 3.63) is 73.1 Å². The highest BCUT2D eigenvalue weighted by Crippen LogP contribution is 2.26. The summed E-state index contributed by atoms with van der Waals surface area (Å²) in [6.45, 7) is 1.38. The van der Waals surface area contributed by atoms with Gasteiger partial charge in [0.05, 0.1) is 28.2 Å². The van der Waals surface area contributed by atoms with E-state index in [-0.39, 0.29) is 5.25 Å². The summed E-state index contributed by atoms with van der Waals surface area (Å²) in [6, 6.07) is 18.4. The second kappa shape index (κ2) is 9.13. The van der Waals surface area contributed by atoms with Gasteiger partial charge in [0.25, 0.3) is 0 Å². The van der Waals surface area contributed by atoms with Crippen molar-refractivity contribution in [1.29, 1.82) is 0 Å². The lowest BCUT2D eigenvalue weighted by molar-refractivity contribution is 0.437. The smallest absolute Gasteiger partial charge is 0.230 e. The number of piperidine rings is 1. The first-order valence-corrected chi connectivity index (χ1v) is 12.3. The number of hydrogen-bond donors (Lipinski definition) is 2. The summed E-state index contributed by atoms with van der Waals surface area (Å²) in [5.74, 6) is 0.973. The fourth-order valence-electron chi connectivity index (χ4n) is 3.84. The van der Waals surface area contributed by atoms with Gasteiger partial charge in [-0.3, -0.25) is 4.98 Å². The topological polar surface area (TPSA) is 110 Å². The Bertz CT molecular complexity index is 1310. The van der Waals surface area contributed by atoms with Crippen LogP contribution in [0.5, 0.6) is 0 Å². The molecule has 8 nitrogen and oxygen atoms in total. The largest absolute Gasteiger partial charge is 0.338 e. The Balaban J connectivity index is 1.27. The van der Waals surface area contributed by atoms with Gasteiger partial charge in [-0.1, -0.05) is 47.6 Å². The van der Waals surface area contributed by atoms with Crippen molar-refractivity contribution < 1.29 is 12.9 Å². The van der Waals surface area contributed by atoms with Gasteiger partial charge in [0, 0.05) is 23.7 Å². The van der Waals surface area contributed by atoms with Crippen LogP contribution in [-0.4, -0.2) is 41.9 Å². The van der Waals surface area contributed by atoms with Crippen LogP contribution in [0.15, 0.2) is 82.5 Å². The Morgan fingerprint density at radius 3 is 2.42 bits per heavy atom. The number of sulfone groups is 1. The molecule has 2 N–H and O–H groups in total. The fraction of sp³-hybridized carbons (Fsp3) is 0.208. The normalized spacial score (nSPS) is 16.4. The molecule has 0 aliphatic carbocycles. The van der Waals surface area contributed by atoms with Crippen LogP contribution in [0.2, 0.25) is 0 Å². The van der Waals surface area contributed by atoms with E-state index in [0.29, 0.717) is 35.3 Å². The first-order chi connectivity index (χ1) is 16.1. The van der Waals surface area contributed by atoms with E-state index >= 15 is 0 Å². The summed E-state index contributed by atoms with van der Waals surface area (Å²) in [5, 5.41) is 9.91. The Kier molecular flexibility index (Phi) is 5.89. The Labute approximate surface area is 192 Å².